The molecular formula is C22H19N9. The van der Waals surface area contributed by atoms with Gasteiger partial charge >= 0.3 is 0 Å². The van der Waals surface area contributed by atoms with Crippen LogP contribution in [0.5, 0.6) is 0 Å². The minimum Gasteiger partial charge on any atom is -0.352 e. The third-order valence-electron chi connectivity index (χ3n) is 5.55. The van der Waals surface area contributed by atoms with Crippen LogP contribution in [0.1, 0.15) is 0 Å². The number of pyridine rings is 1. The Morgan fingerprint density at radius 3 is 2.55 bits per heavy atom. The topological polar surface area (TPSA) is 88.2 Å². The van der Waals surface area contributed by atoms with E-state index in [4.69, 9.17) is 9.97 Å². The zero-order chi connectivity index (χ0) is 20.6. The van der Waals surface area contributed by atoms with Gasteiger partial charge in [-0.3, -0.25) is 4.98 Å². The van der Waals surface area contributed by atoms with E-state index in [1.54, 1.807) is 23.2 Å². The van der Waals surface area contributed by atoms with Crippen LogP contribution in [-0.2, 0) is 0 Å². The lowest BCUT2D eigenvalue weighted by Gasteiger charge is -2.36. The van der Waals surface area contributed by atoms with Gasteiger partial charge in [0.05, 0.1) is 5.52 Å². The molecule has 0 amide bonds. The molecule has 6 rings (SSSR count). The molecule has 0 spiro atoms. The fourth-order valence-electron chi connectivity index (χ4n) is 3.96. The molecule has 1 aliphatic rings. The summed E-state index contributed by atoms with van der Waals surface area (Å²) in [6.07, 6.45) is 5.19. The maximum absolute atomic E-state index is 4.95. The summed E-state index contributed by atoms with van der Waals surface area (Å²) in [6.45, 7) is 3.38. The van der Waals surface area contributed by atoms with Gasteiger partial charge in [-0.15, -0.1) is 15.3 Å². The van der Waals surface area contributed by atoms with E-state index in [9.17, 15) is 0 Å². The number of hydrogen-bond donors (Lipinski definition) is 0. The molecule has 1 aliphatic heterocycles. The molecule has 31 heavy (non-hydrogen) atoms. The fraction of sp³-hybridized carbons (Fsp3) is 0.182. The van der Waals surface area contributed by atoms with Crippen LogP contribution in [0.2, 0.25) is 0 Å². The van der Waals surface area contributed by atoms with E-state index >= 15 is 0 Å². The number of benzene rings is 1. The molecular weight excluding hydrogens is 390 g/mol. The first-order chi connectivity index (χ1) is 15.3. The quantitative estimate of drug-likeness (QED) is 0.449. The SMILES string of the molecule is c1cncc(-c2nc(N3CCN(c4ccc5nncn5n4)CC3)c3ccccc3n2)c1. The van der Waals surface area contributed by atoms with Gasteiger partial charge in [-0.05, 0) is 36.4 Å². The molecule has 0 unspecified atom stereocenters. The highest BCUT2D eigenvalue weighted by Gasteiger charge is 2.22. The first-order valence-electron chi connectivity index (χ1n) is 10.2. The first kappa shape index (κ1) is 17.7. The normalized spacial score (nSPS) is 14.5. The van der Waals surface area contributed by atoms with Crippen LogP contribution < -0.4 is 9.80 Å². The Balaban J connectivity index is 1.31. The summed E-state index contributed by atoms with van der Waals surface area (Å²) in [5, 5.41) is 13.6. The maximum Gasteiger partial charge on any atom is 0.177 e. The van der Waals surface area contributed by atoms with Gasteiger partial charge in [-0.1, -0.05) is 12.1 Å². The van der Waals surface area contributed by atoms with Gasteiger partial charge in [-0.2, -0.15) is 4.52 Å². The molecule has 1 aromatic carbocycles. The fourth-order valence-corrected chi connectivity index (χ4v) is 3.96. The Hall–Kier alpha value is -4.14. The smallest absolute Gasteiger partial charge is 0.177 e. The van der Waals surface area contributed by atoms with E-state index in [0.717, 1.165) is 59.9 Å². The molecule has 5 heterocycles. The molecule has 0 saturated carbocycles. The van der Waals surface area contributed by atoms with E-state index < -0.39 is 0 Å². The van der Waals surface area contributed by atoms with Crippen LogP contribution >= 0.6 is 0 Å². The Morgan fingerprint density at radius 2 is 1.68 bits per heavy atom. The lowest BCUT2D eigenvalue weighted by Crippen LogP contribution is -2.47. The van der Waals surface area contributed by atoms with Crippen molar-refractivity contribution in [1.29, 1.82) is 0 Å². The van der Waals surface area contributed by atoms with Gasteiger partial charge in [-0.25, -0.2) is 9.97 Å². The molecule has 152 valence electrons. The number of aromatic nitrogens is 7. The van der Waals surface area contributed by atoms with Crippen molar-refractivity contribution >= 4 is 28.2 Å². The van der Waals surface area contributed by atoms with Crippen LogP contribution in [-0.4, -0.2) is 60.9 Å². The number of fused-ring (bicyclic) bond motifs is 2. The van der Waals surface area contributed by atoms with Gasteiger partial charge in [0.2, 0.25) is 0 Å². The van der Waals surface area contributed by atoms with E-state index in [1.165, 1.54) is 0 Å². The van der Waals surface area contributed by atoms with Crippen LogP contribution in [0, 0.1) is 0 Å². The van der Waals surface area contributed by atoms with Crippen LogP contribution in [0.3, 0.4) is 0 Å². The van der Waals surface area contributed by atoms with Gasteiger partial charge in [0.15, 0.2) is 11.5 Å². The number of nitrogens with zero attached hydrogens (tertiary/aromatic N) is 9. The highest BCUT2D eigenvalue weighted by molar-refractivity contribution is 5.91. The molecule has 1 saturated heterocycles. The second-order valence-electron chi connectivity index (χ2n) is 7.43. The number of piperazine rings is 1. The minimum absolute atomic E-state index is 0.698. The van der Waals surface area contributed by atoms with Crippen LogP contribution in [0.4, 0.5) is 11.6 Å². The predicted octanol–water partition coefficient (Wildman–Crippen LogP) is 2.46. The molecule has 0 radical (unpaired) electrons. The number of hydrogen-bond acceptors (Lipinski definition) is 8. The average Bonchev–Trinajstić information content (AvgIpc) is 3.32. The molecule has 0 bridgehead atoms. The molecule has 0 atom stereocenters. The van der Waals surface area contributed by atoms with Crippen LogP contribution in [0.25, 0.3) is 27.9 Å². The number of rotatable bonds is 3. The van der Waals surface area contributed by atoms with Crippen molar-refractivity contribution in [2.45, 2.75) is 0 Å². The average molecular weight is 409 g/mol. The standard InChI is InChI=1S/C22H19N9/c1-2-6-18-17(5-1)22(26-21(25-18)16-4-3-9-23-14-16)30-12-10-29(11-13-30)20-8-7-19-27-24-15-31(19)28-20/h1-9,14-15H,10-13H2. The van der Waals surface area contributed by atoms with Gasteiger partial charge in [0, 0.05) is 49.5 Å². The Bertz CT molecular complexity index is 1360. The van der Waals surface area contributed by atoms with Gasteiger partial charge in [0.1, 0.15) is 18.0 Å². The summed E-state index contributed by atoms with van der Waals surface area (Å²) in [6, 6.07) is 16.0. The van der Waals surface area contributed by atoms with Crippen molar-refractivity contribution in [3.63, 3.8) is 0 Å². The van der Waals surface area contributed by atoms with Gasteiger partial charge in [0.25, 0.3) is 0 Å². The van der Waals surface area contributed by atoms with E-state index in [0.29, 0.717) is 5.82 Å². The summed E-state index contributed by atoms with van der Waals surface area (Å²) < 4.78 is 1.71. The van der Waals surface area contributed by atoms with E-state index in [1.807, 2.05) is 42.5 Å². The number of para-hydroxylation sites is 1. The largest absolute Gasteiger partial charge is 0.352 e. The monoisotopic (exact) mass is 409 g/mol. The molecule has 1 fully saturated rings. The number of anilines is 2. The molecule has 0 N–H and O–H groups in total. The van der Waals surface area contributed by atoms with Gasteiger partial charge < -0.3 is 9.80 Å². The Labute approximate surface area is 178 Å². The Kier molecular flexibility index (Phi) is 4.15. The highest BCUT2D eigenvalue weighted by atomic mass is 15.4. The Morgan fingerprint density at radius 1 is 0.806 bits per heavy atom. The van der Waals surface area contributed by atoms with E-state index in [-0.39, 0.29) is 0 Å². The van der Waals surface area contributed by atoms with E-state index in [2.05, 4.69) is 36.1 Å². The predicted molar refractivity (Wildman–Crippen MR) is 118 cm³/mol. The minimum atomic E-state index is 0.698. The summed E-state index contributed by atoms with van der Waals surface area (Å²) in [4.78, 5) is 18.6. The molecule has 5 aromatic rings. The van der Waals surface area contributed by atoms with Crippen LogP contribution in [0.15, 0.2) is 67.3 Å². The third kappa shape index (κ3) is 3.20. The van der Waals surface area contributed by atoms with Crippen molar-refractivity contribution in [2.24, 2.45) is 0 Å². The maximum atomic E-state index is 4.95. The molecule has 4 aromatic heterocycles. The van der Waals surface area contributed by atoms with Crippen molar-refractivity contribution in [3.05, 3.63) is 67.3 Å². The summed E-state index contributed by atoms with van der Waals surface area (Å²) in [5.41, 5.74) is 2.60. The zero-order valence-electron chi connectivity index (χ0n) is 16.7. The highest BCUT2D eigenvalue weighted by Crippen LogP contribution is 2.28. The second kappa shape index (κ2) is 7.28. The van der Waals surface area contributed by atoms with Crippen molar-refractivity contribution in [1.82, 2.24) is 34.8 Å². The lowest BCUT2D eigenvalue weighted by atomic mass is 10.2. The summed E-state index contributed by atoms with van der Waals surface area (Å²) in [7, 11) is 0. The van der Waals surface area contributed by atoms with Crippen molar-refractivity contribution < 1.29 is 0 Å². The lowest BCUT2D eigenvalue weighted by molar-refractivity contribution is 0.637. The first-order valence-corrected chi connectivity index (χ1v) is 10.2. The molecule has 9 heteroatoms. The zero-order valence-corrected chi connectivity index (χ0v) is 16.7. The molecule has 0 aliphatic carbocycles. The summed E-state index contributed by atoms with van der Waals surface area (Å²) in [5.74, 6) is 2.59. The van der Waals surface area contributed by atoms with Crippen molar-refractivity contribution in [2.75, 3.05) is 36.0 Å². The van der Waals surface area contributed by atoms with Crippen molar-refractivity contribution in [3.8, 4) is 11.4 Å². The summed E-state index contributed by atoms with van der Waals surface area (Å²) >= 11 is 0. The second-order valence-corrected chi connectivity index (χ2v) is 7.43. The molecule has 9 nitrogen and oxygen atoms in total. The third-order valence-corrected chi connectivity index (χ3v) is 5.55.